The van der Waals surface area contributed by atoms with Gasteiger partial charge >= 0.3 is 0 Å². The fourth-order valence-corrected chi connectivity index (χ4v) is 2.27. The molecule has 0 saturated heterocycles. The lowest BCUT2D eigenvalue weighted by Gasteiger charge is -2.20. The van der Waals surface area contributed by atoms with Crippen LogP contribution >= 0.6 is 0 Å². The quantitative estimate of drug-likeness (QED) is 0.803. The summed E-state index contributed by atoms with van der Waals surface area (Å²) in [5, 5.41) is 3.64. The molecule has 2 rings (SSSR count). The van der Waals surface area contributed by atoms with Crippen molar-refractivity contribution in [3.8, 4) is 0 Å². The van der Waals surface area contributed by atoms with Crippen LogP contribution < -0.4 is 5.32 Å². The Hall–Kier alpha value is -1.76. The van der Waals surface area contributed by atoms with Gasteiger partial charge in [0.25, 0.3) is 0 Å². The fraction of sp³-hybridized carbons (Fsp3) is 0.294. The molecule has 0 saturated carbocycles. The van der Waals surface area contributed by atoms with Gasteiger partial charge in [0.15, 0.2) is 0 Å². The van der Waals surface area contributed by atoms with E-state index in [0.717, 1.165) is 6.42 Å². The van der Waals surface area contributed by atoms with Crippen molar-refractivity contribution in [1.82, 2.24) is 0 Å². The molecule has 0 bridgehead atoms. The number of hydrogen-bond acceptors (Lipinski definition) is 1. The third-order valence-corrected chi connectivity index (χ3v) is 3.32. The van der Waals surface area contributed by atoms with Gasteiger partial charge in [0.1, 0.15) is 0 Å². The van der Waals surface area contributed by atoms with E-state index in [1.54, 1.807) is 0 Å². The van der Waals surface area contributed by atoms with E-state index in [9.17, 15) is 0 Å². The Kier molecular flexibility index (Phi) is 4.03. The summed E-state index contributed by atoms with van der Waals surface area (Å²) >= 11 is 0. The molecular formula is C17H21N. The van der Waals surface area contributed by atoms with Crippen molar-refractivity contribution < 1.29 is 0 Å². The van der Waals surface area contributed by atoms with Crippen LogP contribution in [0.15, 0.2) is 48.5 Å². The van der Waals surface area contributed by atoms with E-state index >= 15 is 0 Å². The zero-order valence-corrected chi connectivity index (χ0v) is 11.4. The highest BCUT2D eigenvalue weighted by atomic mass is 14.9. The van der Waals surface area contributed by atoms with Crippen LogP contribution in [0.1, 0.15) is 36.1 Å². The molecule has 0 aliphatic heterocycles. The maximum Gasteiger partial charge on any atom is 0.0511 e. The largest absolute Gasteiger partial charge is 0.378 e. The zero-order valence-electron chi connectivity index (χ0n) is 11.4. The Morgan fingerprint density at radius 1 is 1.00 bits per heavy atom. The van der Waals surface area contributed by atoms with E-state index in [2.05, 4.69) is 74.6 Å². The molecule has 0 aromatic heterocycles. The Labute approximate surface area is 110 Å². The summed E-state index contributed by atoms with van der Waals surface area (Å²) in [4.78, 5) is 0. The lowest BCUT2D eigenvalue weighted by Crippen LogP contribution is -2.10. The minimum Gasteiger partial charge on any atom is -0.378 e. The van der Waals surface area contributed by atoms with Gasteiger partial charge in [-0.1, -0.05) is 55.0 Å². The molecule has 1 nitrogen and oxygen atoms in total. The number of hydrogen-bond donors (Lipinski definition) is 1. The third-order valence-electron chi connectivity index (χ3n) is 3.32. The SMILES string of the molecule is CCC(Nc1ccc(C)cc1C)c1ccccc1. The van der Waals surface area contributed by atoms with Gasteiger partial charge in [-0.25, -0.2) is 0 Å². The van der Waals surface area contributed by atoms with Gasteiger partial charge in [0.2, 0.25) is 0 Å². The zero-order chi connectivity index (χ0) is 13.0. The molecule has 0 aliphatic rings. The molecule has 0 spiro atoms. The molecule has 1 N–H and O–H groups in total. The first kappa shape index (κ1) is 12.7. The molecule has 1 heteroatoms. The molecular weight excluding hydrogens is 218 g/mol. The Morgan fingerprint density at radius 2 is 1.72 bits per heavy atom. The smallest absolute Gasteiger partial charge is 0.0511 e. The van der Waals surface area contributed by atoms with Gasteiger partial charge in [-0.05, 0) is 37.5 Å². The van der Waals surface area contributed by atoms with Crippen LogP contribution in [0.5, 0.6) is 0 Å². The van der Waals surface area contributed by atoms with Gasteiger partial charge in [0, 0.05) is 5.69 Å². The predicted molar refractivity (Wildman–Crippen MR) is 79.0 cm³/mol. The second-order valence-corrected chi connectivity index (χ2v) is 4.83. The van der Waals surface area contributed by atoms with Gasteiger partial charge in [-0.15, -0.1) is 0 Å². The monoisotopic (exact) mass is 239 g/mol. The third kappa shape index (κ3) is 2.92. The van der Waals surface area contributed by atoms with E-state index in [4.69, 9.17) is 0 Å². The Bertz CT molecular complexity index is 502. The van der Waals surface area contributed by atoms with Crippen molar-refractivity contribution >= 4 is 5.69 Å². The molecule has 0 radical (unpaired) electrons. The molecule has 0 fully saturated rings. The number of aryl methyl sites for hydroxylation is 2. The van der Waals surface area contributed by atoms with Crippen LogP contribution in [0.3, 0.4) is 0 Å². The maximum atomic E-state index is 3.64. The van der Waals surface area contributed by atoms with Crippen LogP contribution in [0.25, 0.3) is 0 Å². The molecule has 18 heavy (non-hydrogen) atoms. The van der Waals surface area contributed by atoms with E-state index in [1.165, 1.54) is 22.4 Å². The molecule has 0 amide bonds. The van der Waals surface area contributed by atoms with Crippen LogP contribution in [0, 0.1) is 13.8 Å². The van der Waals surface area contributed by atoms with Crippen molar-refractivity contribution in [3.05, 3.63) is 65.2 Å². The van der Waals surface area contributed by atoms with Crippen molar-refractivity contribution in [1.29, 1.82) is 0 Å². The van der Waals surface area contributed by atoms with Crippen molar-refractivity contribution in [3.63, 3.8) is 0 Å². The Balaban J connectivity index is 2.21. The van der Waals surface area contributed by atoms with Gasteiger partial charge in [-0.2, -0.15) is 0 Å². The second kappa shape index (κ2) is 5.72. The summed E-state index contributed by atoms with van der Waals surface area (Å²) in [5.41, 5.74) is 5.20. The van der Waals surface area contributed by atoms with Gasteiger partial charge < -0.3 is 5.32 Å². The molecule has 0 aliphatic carbocycles. The van der Waals surface area contributed by atoms with Crippen LogP contribution in [-0.2, 0) is 0 Å². The lowest BCUT2D eigenvalue weighted by atomic mass is 10.0. The highest BCUT2D eigenvalue weighted by molar-refractivity contribution is 5.53. The van der Waals surface area contributed by atoms with E-state index in [-0.39, 0.29) is 0 Å². The maximum absolute atomic E-state index is 3.64. The highest BCUT2D eigenvalue weighted by Gasteiger charge is 2.09. The fourth-order valence-electron chi connectivity index (χ4n) is 2.27. The van der Waals surface area contributed by atoms with Crippen LogP contribution in [0.2, 0.25) is 0 Å². The van der Waals surface area contributed by atoms with E-state index in [0.29, 0.717) is 6.04 Å². The first-order chi connectivity index (χ1) is 8.70. The van der Waals surface area contributed by atoms with Crippen molar-refractivity contribution in [2.45, 2.75) is 33.2 Å². The number of benzene rings is 2. The van der Waals surface area contributed by atoms with E-state index < -0.39 is 0 Å². The van der Waals surface area contributed by atoms with Gasteiger partial charge in [0.05, 0.1) is 6.04 Å². The molecule has 2 aromatic rings. The molecule has 0 heterocycles. The summed E-state index contributed by atoms with van der Waals surface area (Å²) in [7, 11) is 0. The van der Waals surface area contributed by atoms with Gasteiger partial charge in [-0.3, -0.25) is 0 Å². The minimum absolute atomic E-state index is 0.382. The standard InChI is InChI=1S/C17H21N/c1-4-16(15-8-6-5-7-9-15)18-17-11-10-13(2)12-14(17)3/h5-12,16,18H,4H2,1-3H3. The summed E-state index contributed by atoms with van der Waals surface area (Å²) in [6.45, 7) is 6.51. The van der Waals surface area contributed by atoms with E-state index in [1.807, 2.05) is 0 Å². The first-order valence-electron chi connectivity index (χ1n) is 6.59. The predicted octanol–water partition coefficient (Wildman–Crippen LogP) is 4.87. The number of anilines is 1. The summed E-state index contributed by atoms with van der Waals surface area (Å²) in [5.74, 6) is 0. The topological polar surface area (TPSA) is 12.0 Å². The number of rotatable bonds is 4. The number of nitrogens with one attached hydrogen (secondary N) is 1. The molecule has 1 atom stereocenters. The molecule has 94 valence electrons. The first-order valence-corrected chi connectivity index (χ1v) is 6.59. The minimum atomic E-state index is 0.382. The average molecular weight is 239 g/mol. The highest BCUT2D eigenvalue weighted by Crippen LogP contribution is 2.25. The van der Waals surface area contributed by atoms with Crippen molar-refractivity contribution in [2.75, 3.05) is 5.32 Å². The summed E-state index contributed by atoms with van der Waals surface area (Å²) in [6, 6.07) is 17.6. The Morgan fingerprint density at radius 3 is 2.33 bits per heavy atom. The average Bonchev–Trinajstić information content (AvgIpc) is 2.39. The van der Waals surface area contributed by atoms with Crippen molar-refractivity contribution in [2.24, 2.45) is 0 Å². The molecule has 1 unspecified atom stereocenters. The van der Waals surface area contributed by atoms with Crippen LogP contribution in [0.4, 0.5) is 5.69 Å². The molecule has 2 aromatic carbocycles. The second-order valence-electron chi connectivity index (χ2n) is 4.83. The summed E-state index contributed by atoms with van der Waals surface area (Å²) < 4.78 is 0. The normalized spacial score (nSPS) is 12.2. The lowest BCUT2D eigenvalue weighted by molar-refractivity contribution is 0.748. The van der Waals surface area contributed by atoms with Crippen LogP contribution in [-0.4, -0.2) is 0 Å². The summed E-state index contributed by atoms with van der Waals surface area (Å²) in [6.07, 6.45) is 1.08.